The van der Waals surface area contributed by atoms with E-state index in [9.17, 15) is 19.5 Å². The van der Waals surface area contributed by atoms with Gasteiger partial charge in [0.1, 0.15) is 11.5 Å². The van der Waals surface area contributed by atoms with Gasteiger partial charge in [-0.25, -0.2) is 0 Å². The largest absolute Gasteiger partial charge is 0.507 e. The van der Waals surface area contributed by atoms with Gasteiger partial charge in [-0.1, -0.05) is 12.1 Å². The molecule has 0 aliphatic heterocycles. The second-order valence-electron chi connectivity index (χ2n) is 7.33. The zero-order valence-corrected chi connectivity index (χ0v) is 17.6. The first kappa shape index (κ1) is 21.2. The van der Waals surface area contributed by atoms with Gasteiger partial charge >= 0.3 is 5.97 Å². The summed E-state index contributed by atoms with van der Waals surface area (Å²) in [6, 6.07) is 13.6. The highest BCUT2D eigenvalue weighted by atomic mass is 16.5. The molecular formula is C24H22N2O6. The molecule has 0 amide bonds. The highest BCUT2D eigenvalue weighted by Crippen LogP contribution is 2.35. The number of fused-ring (bicyclic) bond motifs is 2. The van der Waals surface area contributed by atoms with Crippen LogP contribution in [0.1, 0.15) is 30.4 Å². The quantitative estimate of drug-likeness (QED) is 0.401. The van der Waals surface area contributed by atoms with E-state index in [4.69, 9.17) is 9.47 Å². The molecule has 32 heavy (non-hydrogen) atoms. The van der Waals surface area contributed by atoms with Gasteiger partial charge in [-0.15, -0.1) is 0 Å². The summed E-state index contributed by atoms with van der Waals surface area (Å²) in [7, 11) is 1.53. The van der Waals surface area contributed by atoms with Crippen LogP contribution in [0.25, 0.3) is 21.8 Å². The summed E-state index contributed by atoms with van der Waals surface area (Å²) in [5, 5.41) is 12.1. The van der Waals surface area contributed by atoms with Gasteiger partial charge in [0.05, 0.1) is 36.7 Å². The molecular weight excluding hydrogens is 412 g/mol. The number of nitrogens with one attached hydrogen (secondary N) is 2. The number of aromatic hydroxyl groups is 1. The van der Waals surface area contributed by atoms with Crippen LogP contribution < -0.4 is 15.9 Å². The van der Waals surface area contributed by atoms with Gasteiger partial charge in [0.2, 0.25) is 0 Å². The second kappa shape index (κ2) is 8.58. The lowest BCUT2D eigenvalue weighted by Gasteiger charge is -2.18. The number of H-pyrrole nitrogens is 2. The minimum atomic E-state index is -1.02. The van der Waals surface area contributed by atoms with Crippen molar-refractivity contribution in [3.63, 3.8) is 0 Å². The maximum Gasteiger partial charge on any atom is 0.306 e. The van der Waals surface area contributed by atoms with Gasteiger partial charge in [-0.2, -0.15) is 0 Å². The van der Waals surface area contributed by atoms with Gasteiger partial charge in [0.25, 0.3) is 11.1 Å². The van der Waals surface area contributed by atoms with E-state index in [2.05, 4.69) is 9.97 Å². The maximum atomic E-state index is 13.0. The van der Waals surface area contributed by atoms with Crippen molar-refractivity contribution in [1.29, 1.82) is 0 Å². The maximum absolute atomic E-state index is 13.0. The molecule has 3 N–H and O–H groups in total. The van der Waals surface area contributed by atoms with Crippen molar-refractivity contribution < 1.29 is 19.4 Å². The molecule has 1 atom stereocenters. The Morgan fingerprint density at radius 1 is 1.03 bits per heavy atom. The minimum absolute atomic E-state index is 0.0601. The Labute approximate surface area is 182 Å². The van der Waals surface area contributed by atoms with E-state index in [1.807, 2.05) is 0 Å². The number of hydrogen-bond acceptors (Lipinski definition) is 6. The average Bonchev–Trinajstić information content (AvgIpc) is 2.77. The van der Waals surface area contributed by atoms with Crippen LogP contribution in [0, 0.1) is 0 Å². The van der Waals surface area contributed by atoms with E-state index in [0.29, 0.717) is 27.6 Å². The number of rotatable bonds is 6. The van der Waals surface area contributed by atoms with E-state index >= 15 is 0 Å². The normalized spacial score (nSPS) is 12.1. The van der Waals surface area contributed by atoms with Crippen LogP contribution in [0.2, 0.25) is 0 Å². The summed E-state index contributed by atoms with van der Waals surface area (Å²) < 4.78 is 10.3. The van der Waals surface area contributed by atoms with Gasteiger partial charge < -0.3 is 24.5 Å². The van der Waals surface area contributed by atoms with Crippen molar-refractivity contribution in [1.82, 2.24) is 9.97 Å². The van der Waals surface area contributed by atoms with E-state index in [-0.39, 0.29) is 29.9 Å². The number of methoxy groups -OCH3 is 1. The number of aromatic nitrogens is 2. The number of pyridine rings is 2. The number of para-hydroxylation sites is 1. The highest BCUT2D eigenvalue weighted by Gasteiger charge is 2.28. The molecule has 2 aromatic heterocycles. The molecule has 0 saturated heterocycles. The molecule has 164 valence electrons. The van der Waals surface area contributed by atoms with E-state index in [0.717, 1.165) is 0 Å². The molecule has 0 aliphatic rings. The number of ether oxygens (including phenoxy) is 2. The summed E-state index contributed by atoms with van der Waals surface area (Å²) in [4.78, 5) is 43.9. The molecule has 0 unspecified atom stereocenters. The molecule has 4 aromatic rings. The second-order valence-corrected chi connectivity index (χ2v) is 7.33. The predicted molar refractivity (Wildman–Crippen MR) is 120 cm³/mol. The summed E-state index contributed by atoms with van der Waals surface area (Å²) in [6.07, 6.45) is -0.284. The molecule has 0 fully saturated rings. The SMILES string of the molecule is CCOC(=O)C[C@H](c1cc2ccc(OC)cc2[nH]c1=O)c1c(O)c2ccccc2[nH]c1=O. The van der Waals surface area contributed by atoms with E-state index < -0.39 is 23.0 Å². The molecule has 8 nitrogen and oxygen atoms in total. The van der Waals surface area contributed by atoms with Crippen LogP contribution in [0.4, 0.5) is 0 Å². The Balaban J connectivity index is 1.96. The number of benzene rings is 2. The first-order valence-electron chi connectivity index (χ1n) is 10.1. The van der Waals surface area contributed by atoms with Gasteiger partial charge in [0.15, 0.2) is 0 Å². The number of hydrogen-bond donors (Lipinski definition) is 3. The Hall–Kier alpha value is -4.07. The third-order valence-electron chi connectivity index (χ3n) is 5.41. The summed E-state index contributed by atoms with van der Waals surface area (Å²) in [6.45, 7) is 1.82. The monoisotopic (exact) mass is 434 g/mol. The standard InChI is InChI=1S/C24H22N2O6/c1-3-32-20(27)12-16(21-22(28)15-6-4-5-7-18(15)25-24(21)30)17-10-13-8-9-14(31-2)11-19(13)26-23(17)29/h4-11,16H,3,12H2,1-2H3,(H,26,29)(H2,25,28,30)/t16-/m1/s1. The zero-order valence-electron chi connectivity index (χ0n) is 17.6. The fourth-order valence-electron chi connectivity index (χ4n) is 3.90. The Morgan fingerprint density at radius 3 is 2.53 bits per heavy atom. The van der Waals surface area contributed by atoms with Crippen LogP contribution in [0.15, 0.2) is 58.1 Å². The summed E-state index contributed by atoms with van der Waals surface area (Å²) in [5.41, 5.74) is 0.0523. The molecule has 2 aromatic carbocycles. The van der Waals surface area contributed by atoms with E-state index in [1.165, 1.54) is 7.11 Å². The van der Waals surface area contributed by atoms with Gasteiger partial charge in [-0.05, 0) is 42.6 Å². The van der Waals surface area contributed by atoms with Crippen molar-refractivity contribution >= 4 is 27.8 Å². The van der Waals surface area contributed by atoms with Crippen LogP contribution in [0.3, 0.4) is 0 Å². The van der Waals surface area contributed by atoms with Gasteiger partial charge in [-0.3, -0.25) is 14.4 Å². The highest BCUT2D eigenvalue weighted by molar-refractivity contribution is 5.87. The van der Waals surface area contributed by atoms with Gasteiger partial charge in [0, 0.05) is 22.9 Å². The topological polar surface area (TPSA) is 121 Å². The third-order valence-corrected chi connectivity index (χ3v) is 5.41. The lowest BCUT2D eigenvalue weighted by molar-refractivity contribution is -0.143. The predicted octanol–water partition coefficient (Wildman–Crippen LogP) is 3.17. The molecule has 8 heteroatoms. The molecule has 0 spiro atoms. The van der Waals surface area contributed by atoms with Crippen molar-refractivity contribution in [3.05, 3.63) is 80.4 Å². The number of carbonyl (C=O) groups is 1. The van der Waals surface area contributed by atoms with Crippen LogP contribution in [0.5, 0.6) is 11.5 Å². The molecule has 0 saturated carbocycles. The van der Waals surface area contributed by atoms with Crippen molar-refractivity contribution in [2.24, 2.45) is 0 Å². The fraction of sp³-hybridized carbons (Fsp3) is 0.208. The molecule has 0 aliphatic carbocycles. The zero-order chi connectivity index (χ0) is 22.8. The lowest BCUT2D eigenvalue weighted by atomic mass is 9.88. The smallest absolute Gasteiger partial charge is 0.306 e. The molecule has 2 heterocycles. The summed E-state index contributed by atoms with van der Waals surface area (Å²) in [5.74, 6) is -1.29. The first-order valence-corrected chi connectivity index (χ1v) is 10.1. The fourth-order valence-corrected chi connectivity index (χ4v) is 3.90. The Bertz CT molecular complexity index is 1440. The average molecular weight is 434 g/mol. The van der Waals surface area contributed by atoms with Crippen molar-refractivity contribution in [3.8, 4) is 11.5 Å². The van der Waals surface area contributed by atoms with E-state index in [1.54, 1.807) is 55.5 Å². The number of carbonyl (C=O) groups excluding carboxylic acids is 1. The Morgan fingerprint density at radius 2 is 1.78 bits per heavy atom. The molecule has 0 radical (unpaired) electrons. The lowest BCUT2D eigenvalue weighted by Crippen LogP contribution is -2.25. The third kappa shape index (κ3) is 3.82. The molecule has 0 bridgehead atoms. The Kier molecular flexibility index (Phi) is 5.68. The summed E-state index contributed by atoms with van der Waals surface area (Å²) >= 11 is 0. The number of aromatic amines is 2. The number of esters is 1. The van der Waals surface area contributed by atoms with Crippen LogP contribution >= 0.6 is 0 Å². The van der Waals surface area contributed by atoms with Crippen LogP contribution in [-0.2, 0) is 9.53 Å². The van der Waals surface area contributed by atoms with Crippen LogP contribution in [-0.4, -0.2) is 34.8 Å². The van der Waals surface area contributed by atoms with Crippen molar-refractivity contribution in [2.45, 2.75) is 19.3 Å². The molecule has 4 rings (SSSR count). The van der Waals surface area contributed by atoms with Crippen molar-refractivity contribution in [2.75, 3.05) is 13.7 Å². The first-order chi connectivity index (χ1) is 15.4. The minimum Gasteiger partial charge on any atom is -0.507 e.